The van der Waals surface area contributed by atoms with Gasteiger partial charge in [0.2, 0.25) is 0 Å². The second-order valence-corrected chi connectivity index (χ2v) is 4.33. The molecule has 84 valence electrons. The summed E-state index contributed by atoms with van der Waals surface area (Å²) in [6.07, 6.45) is 5.07. The zero-order valence-electron chi connectivity index (χ0n) is 9.59. The summed E-state index contributed by atoms with van der Waals surface area (Å²) in [6.45, 7) is 2.23. The highest BCUT2D eigenvalue weighted by atomic mass is 35.5. The van der Waals surface area contributed by atoms with Gasteiger partial charge in [-0.05, 0) is 31.2 Å². The Morgan fingerprint density at radius 2 is 1.87 bits per heavy atom. The Labute approximate surface area is 97.8 Å². The monoisotopic (exact) mass is 225 g/mol. The van der Waals surface area contributed by atoms with Gasteiger partial charge in [-0.15, -0.1) is 0 Å². The zero-order chi connectivity index (χ0) is 11.1. The molecular weight excluding hydrogens is 206 g/mol. The maximum absolute atomic E-state index is 5.87. The highest BCUT2D eigenvalue weighted by Gasteiger charge is 2.07. The van der Waals surface area contributed by atoms with Crippen molar-refractivity contribution in [1.82, 2.24) is 5.32 Å². The molecule has 1 aromatic rings. The quantitative estimate of drug-likeness (QED) is 0.717. The number of hydrogen-bond donors (Lipinski definition) is 1. The highest BCUT2D eigenvalue weighted by Crippen LogP contribution is 2.21. The molecule has 2 heteroatoms. The van der Waals surface area contributed by atoms with Crippen molar-refractivity contribution >= 4 is 11.6 Å². The summed E-state index contributed by atoms with van der Waals surface area (Å²) in [5, 5.41) is 4.16. The fraction of sp³-hybridized carbons (Fsp3) is 0.538. The number of benzene rings is 1. The molecule has 1 nitrogen and oxygen atoms in total. The normalized spacial score (nSPS) is 12.7. The number of halogens is 1. The number of nitrogens with one attached hydrogen (secondary N) is 1. The predicted molar refractivity (Wildman–Crippen MR) is 67.4 cm³/mol. The van der Waals surface area contributed by atoms with Gasteiger partial charge in [-0.2, -0.15) is 0 Å². The summed E-state index contributed by atoms with van der Waals surface area (Å²) in [6, 6.07) is 8.60. The molecule has 0 bridgehead atoms. The lowest BCUT2D eigenvalue weighted by atomic mass is 10.0. The van der Waals surface area contributed by atoms with Crippen LogP contribution >= 0.6 is 11.6 Å². The maximum Gasteiger partial charge on any atom is 0.0406 e. The summed E-state index contributed by atoms with van der Waals surface area (Å²) in [4.78, 5) is 0. The van der Waals surface area contributed by atoms with Crippen molar-refractivity contribution < 1.29 is 0 Å². The van der Waals surface area contributed by atoms with Crippen LogP contribution in [0.5, 0.6) is 0 Å². The van der Waals surface area contributed by atoms with Gasteiger partial charge >= 0.3 is 0 Å². The molecule has 0 aliphatic heterocycles. The molecule has 1 unspecified atom stereocenters. The van der Waals surface area contributed by atoms with Crippen LogP contribution in [0.4, 0.5) is 0 Å². The van der Waals surface area contributed by atoms with Crippen molar-refractivity contribution in [2.75, 3.05) is 7.05 Å². The van der Waals surface area contributed by atoms with Crippen LogP contribution in [-0.2, 0) is 0 Å². The number of rotatable bonds is 6. The minimum Gasteiger partial charge on any atom is -0.313 e. The van der Waals surface area contributed by atoms with Gasteiger partial charge in [0, 0.05) is 11.1 Å². The summed E-state index contributed by atoms with van der Waals surface area (Å²) >= 11 is 5.87. The first-order valence-electron chi connectivity index (χ1n) is 5.70. The summed E-state index contributed by atoms with van der Waals surface area (Å²) < 4.78 is 0. The molecule has 1 aromatic carbocycles. The van der Waals surface area contributed by atoms with Crippen LogP contribution in [0.25, 0.3) is 0 Å². The Balaban J connectivity index is 2.53. The highest BCUT2D eigenvalue weighted by molar-refractivity contribution is 6.30. The lowest BCUT2D eigenvalue weighted by molar-refractivity contribution is 0.512. The third kappa shape index (κ3) is 4.23. The van der Waals surface area contributed by atoms with E-state index in [2.05, 4.69) is 24.4 Å². The molecule has 0 spiro atoms. The van der Waals surface area contributed by atoms with E-state index in [0.29, 0.717) is 6.04 Å². The Bertz CT molecular complexity index is 268. The van der Waals surface area contributed by atoms with E-state index >= 15 is 0 Å². The SMILES string of the molecule is CCCCCC(NC)c1ccc(Cl)cc1. The lowest BCUT2D eigenvalue weighted by Gasteiger charge is -2.16. The van der Waals surface area contributed by atoms with E-state index < -0.39 is 0 Å². The van der Waals surface area contributed by atoms with E-state index in [9.17, 15) is 0 Å². The lowest BCUT2D eigenvalue weighted by Crippen LogP contribution is -2.16. The minimum absolute atomic E-state index is 0.466. The largest absolute Gasteiger partial charge is 0.313 e. The van der Waals surface area contributed by atoms with Crippen molar-refractivity contribution in [1.29, 1.82) is 0 Å². The van der Waals surface area contributed by atoms with E-state index in [-0.39, 0.29) is 0 Å². The molecule has 0 saturated heterocycles. The third-order valence-electron chi connectivity index (χ3n) is 2.72. The van der Waals surface area contributed by atoms with Gasteiger partial charge in [0.05, 0.1) is 0 Å². The van der Waals surface area contributed by atoms with Crippen molar-refractivity contribution in [3.05, 3.63) is 34.9 Å². The van der Waals surface area contributed by atoms with Gasteiger partial charge in [0.1, 0.15) is 0 Å². The first-order chi connectivity index (χ1) is 7.27. The maximum atomic E-state index is 5.87. The smallest absolute Gasteiger partial charge is 0.0406 e. The minimum atomic E-state index is 0.466. The van der Waals surface area contributed by atoms with Crippen LogP contribution < -0.4 is 5.32 Å². The molecule has 1 atom stereocenters. The Morgan fingerprint density at radius 3 is 2.40 bits per heavy atom. The molecule has 0 saturated carbocycles. The predicted octanol–water partition coefficient (Wildman–Crippen LogP) is 4.18. The molecule has 0 fully saturated rings. The molecule has 0 heterocycles. The third-order valence-corrected chi connectivity index (χ3v) is 2.97. The Kier molecular flexibility index (Phi) is 5.74. The van der Waals surface area contributed by atoms with Gasteiger partial charge in [0.25, 0.3) is 0 Å². The molecule has 15 heavy (non-hydrogen) atoms. The molecular formula is C13H20ClN. The molecule has 0 aromatic heterocycles. The molecule has 0 aliphatic carbocycles. The second-order valence-electron chi connectivity index (χ2n) is 3.89. The summed E-state index contributed by atoms with van der Waals surface area (Å²) in [7, 11) is 2.02. The van der Waals surface area contributed by atoms with Crippen LogP contribution in [0.2, 0.25) is 5.02 Å². The van der Waals surface area contributed by atoms with Crippen molar-refractivity contribution in [2.24, 2.45) is 0 Å². The fourth-order valence-electron chi connectivity index (χ4n) is 1.77. The topological polar surface area (TPSA) is 12.0 Å². The van der Waals surface area contributed by atoms with Crippen LogP contribution in [0.1, 0.15) is 44.2 Å². The van der Waals surface area contributed by atoms with E-state index in [1.165, 1.54) is 31.2 Å². The number of hydrogen-bond acceptors (Lipinski definition) is 1. The first kappa shape index (κ1) is 12.5. The average Bonchev–Trinajstić information content (AvgIpc) is 2.26. The Morgan fingerprint density at radius 1 is 1.20 bits per heavy atom. The first-order valence-corrected chi connectivity index (χ1v) is 6.08. The van der Waals surface area contributed by atoms with Crippen molar-refractivity contribution in [3.8, 4) is 0 Å². The van der Waals surface area contributed by atoms with E-state index in [4.69, 9.17) is 11.6 Å². The summed E-state index contributed by atoms with van der Waals surface area (Å²) in [5.74, 6) is 0. The van der Waals surface area contributed by atoms with Crippen LogP contribution in [0.3, 0.4) is 0 Å². The van der Waals surface area contributed by atoms with Crippen LogP contribution in [0, 0.1) is 0 Å². The van der Waals surface area contributed by atoms with Gasteiger partial charge in [-0.1, -0.05) is 49.9 Å². The standard InChI is InChI=1S/C13H20ClN/c1-3-4-5-6-13(15-2)11-7-9-12(14)10-8-11/h7-10,13,15H,3-6H2,1-2H3. The van der Waals surface area contributed by atoms with Gasteiger partial charge in [-0.25, -0.2) is 0 Å². The molecule has 1 rings (SSSR count). The fourth-order valence-corrected chi connectivity index (χ4v) is 1.90. The second kappa shape index (κ2) is 6.86. The van der Waals surface area contributed by atoms with Crippen molar-refractivity contribution in [2.45, 2.75) is 38.6 Å². The molecule has 0 radical (unpaired) electrons. The molecule has 0 amide bonds. The van der Waals surface area contributed by atoms with Crippen LogP contribution in [0.15, 0.2) is 24.3 Å². The number of unbranched alkanes of at least 4 members (excludes halogenated alkanes) is 2. The Hall–Kier alpha value is -0.530. The van der Waals surface area contributed by atoms with Gasteiger partial charge in [-0.3, -0.25) is 0 Å². The van der Waals surface area contributed by atoms with E-state index in [0.717, 1.165) is 5.02 Å². The zero-order valence-corrected chi connectivity index (χ0v) is 10.3. The molecule has 0 aliphatic rings. The van der Waals surface area contributed by atoms with E-state index in [1.54, 1.807) is 0 Å². The average molecular weight is 226 g/mol. The van der Waals surface area contributed by atoms with Crippen molar-refractivity contribution in [3.63, 3.8) is 0 Å². The van der Waals surface area contributed by atoms with Gasteiger partial charge < -0.3 is 5.32 Å². The van der Waals surface area contributed by atoms with Gasteiger partial charge in [0.15, 0.2) is 0 Å². The van der Waals surface area contributed by atoms with E-state index in [1.807, 2.05) is 19.2 Å². The molecule has 1 N–H and O–H groups in total. The van der Waals surface area contributed by atoms with Crippen LogP contribution in [-0.4, -0.2) is 7.05 Å². The summed E-state index contributed by atoms with van der Waals surface area (Å²) in [5.41, 5.74) is 1.33.